The lowest BCUT2D eigenvalue weighted by atomic mass is 10.1. The van der Waals surface area contributed by atoms with Crippen molar-refractivity contribution < 1.29 is 9.21 Å². The Labute approximate surface area is 152 Å². The van der Waals surface area contributed by atoms with Crippen LogP contribution in [0.5, 0.6) is 0 Å². The van der Waals surface area contributed by atoms with Gasteiger partial charge in [-0.05, 0) is 48.6 Å². The standard InChI is InChI=1S/C20H22N4O2/c1-23-19-8-2-7-17(19)18(22-23)14-24(13-16-6-4-10-26-16)20(25)11-15-5-3-9-21-12-15/h3-6,9-10,12H,2,7-8,11,13-14H2,1H3. The van der Waals surface area contributed by atoms with Crippen LogP contribution in [0.1, 0.15) is 34.7 Å². The maximum absolute atomic E-state index is 13.0. The molecule has 3 aromatic rings. The predicted molar refractivity (Wildman–Crippen MR) is 96.1 cm³/mol. The minimum absolute atomic E-state index is 0.0480. The second kappa shape index (κ2) is 7.15. The summed E-state index contributed by atoms with van der Waals surface area (Å²) in [6, 6.07) is 7.52. The molecular weight excluding hydrogens is 328 g/mol. The van der Waals surface area contributed by atoms with E-state index in [4.69, 9.17) is 4.42 Å². The molecule has 26 heavy (non-hydrogen) atoms. The van der Waals surface area contributed by atoms with Gasteiger partial charge >= 0.3 is 0 Å². The van der Waals surface area contributed by atoms with E-state index in [1.165, 1.54) is 11.3 Å². The van der Waals surface area contributed by atoms with Crippen molar-refractivity contribution in [1.29, 1.82) is 0 Å². The highest BCUT2D eigenvalue weighted by Crippen LogP contribution is 2.26. The van der Waals surface area contributed by atoms with E-state index >= 15 is 0 Å². The van der Waals surface area contributed by atoms with Crippen LogP contribution >= 0.6 is 0 Å². The molecule has 4 rings (SSSR count). The lowest BCUT2D eigenvalue weighted by Gasteiger charge is -2.21. The highest BCUT2D eigenvalue weighted by atomic mass is 16.3. The molecule has 1 amide bonds. The maximum Gasteiger partial charge on any atom is 0.227 e. The number of carbonyl (C=O) groups excluding carboxylic acids is 1. The molecule has 0 aliphatic heterocycles. The average molecular weight is 350 g/mol. The smallest absolute Gasteiger partial charge is 0.227 e. The number of rotatable bonds is 6. The van der Waals surface area contributed by atoms with Crippen LogP contribution < -0.4 is 0 Å². The third-order valence-corrected chi connectivity index (χ3v) is 4.90. The maximum atomic E-state index is 13.0. The number of fused-ring (bicyclic) bond motifs is 1. The normalized spacial score (nSPS) is 13.0. The third kappa shape index (κ3) is 3.40. The summed E-state index contributed by atoms with van der Waals surface area (Å²) in [7, 11) is 1.99. The fourth-order valence-electron chi connectivity index (χ4n) is 3.62. The molecule has 0 atom stereocenters. The summed E-state index contributed by atoms with van der Waals surface area (Å²) in [5.41, 5.74) is 4.53. The number of pyridine rings is 1. The van der Waals surface area contributed by atoms with Gasteiger partial charge in [-0.3, -0.25) is 14.5 Å². The monoisotopic (exact) mass is 350 g/mol. The average Bonchev–Trinajstić information content (AvgIpc) is 3.37. The Morgan fingerprint density at radius 1 is 1.27 bits per heavy atom. The molecule has 0 saturated heterocycles. The van der Waals surface area contributed by atoms with Crippen LogP contribution in [0.25, 0.3) is 0 Å². The molecule has 0 saturated carbocycles. The zero-order valence-electron chi connectivity index (χ0n) is 14.9. The second-order valence-corrected chi connectivity index (χ2v) is 6.72. The van der Waals surface area contributed by atoms with E-state index in [1.54, 1.807) is 18.7 Å². The number of hydrogen-bond acceptors (Lipinski definition) is 4. The Hall–Kier alpha value is -2.89. The second-order valence-electron chi connectivity index (χ2n) is 6.72. The Balaban J connectivity index is 1.56. The van der Waals surface area contributed by atoms with Crippen LogP contribution in [0.4, 0.5) is 0 Å². The van der Waals surface area contributed by atoms with E-state index in [-0.39, 0.29) is 5.91 Å². The number of nitrogens with zero attached hydrogens (tertiary/aromatic N) is 4. The summed E-state index contributed by atoms with van der Waals surface area (Å²) < 4.78 is 7.43. The zero-order chi connectivity index (χ0) is 17.9. The number of carbonyl (C=O) groups is 1. The van der Waals surface area contributed by atoms with Crippen LogP contribution in [0.2, 0.25) is 0 Å². The summed E-state index contributed by atoms with van der Waals surface area (Å²) >= 11 is 0. The molecule has 0 aromatic carbocycles. The number of aryl methyl sites for hydroxylation is 1. The summed E-state index contributed by atoms with van der Waals surface area (Å²) in [6.07, 6.45) is 8.69. The van der Waals surface area contributed by atoms with E-state index in [0.717, 1.165) is 36.3 Å². The Morgan fingerprint density at radius 2 is 2.19 bits per heavy atom. The van der Waals surface area contributed by atoms with Gasteiger partial charge in [0.1, 0.15) is 5.76 Å². The first-order chi connectivity index (χ1) is 12.7. The minimum atomic E-state index is 0.0480. The summed E-state index contributed by atoms with van der Waals surface area (Å²) in [5.74, 6) is 0.823. The number of amides is 1. The number of furan rings is 1. The van der Waals surface area contributed by atoms with E-state index in [0.29, 0.717) is 19.5 Å². The molecule has 1 aliphatic carbocycles. The van der Waals surface area contributed by atoms with E-state index in [9.17, 15) is 4.79 Å². The van der Waals surface area contributed by atoms with Crippen molar-refractivity contribution in [2.75, 3.05) is 0 Å². The van der Waals surface area contributed by atoms with E-state index in [2.05, 4.69) is 10.1 Å². The van der Waals surface area contributed by atoms with Crippen LogP contribution in [-0.2, 0) is 44.2 Å². The Kier molecular flexibility index (Phi) is 4.56. The fourth-order valence-corrected chi connectivity index (χ4v) is 3.62. The highest BCUT2D eigenvalue weighted by molar-refractivity contribution is 5.78. The van der Waals surface area contributed by atoms with Crippen molar-refractivity contribution in [1.82, 2.24) is 19.7 Å². The van der Waals surface area contributed by atoms with E-state index < -0.39 is 0 Å². The van der Waals surface area contributed by atoms with Crippen LogP contribution in [0.15, 0.2) is 47.3 Å². The van der Waals surface area contributed by atoms with Gasteiger partial charge < -0.3 is 9.32 Å². The van der Waals surface area contributed by atoms with Gasteiger partial charge in [-0.25, -0.2) is 0 Å². The lowest BCUT2D eigenvalue weighted by Crippen LogP contribution is -2.31. The molecular formula is C20H22N4O2. The third-order valence-electron chi connectivity index (χ3n) is 4.90. The minimum Gasteiger partial charge on any atom is -0.467 e. The van der Waals surface area contributed by atoms with Crippen molar-refractivity contribution in [2.24, 2.45) is 7.05 Å². The summed E-state index contributed by atoms with van der Waals surface area (Å²) in [5, 5.41) is 4.67. The van der Waals surface area contributed by atoms with Gasteiger partial charge in [0.2, 0.25) is 5.91 Å². The van der Waals surface area contributed by atoms with Crippen LogP contribution in [0, 0.1) is 0 Å². The Morgan fingerprint density at radius 3 is 2.96 bits per heavy atom. The Bertz CT molecular complexity index is 884. The largest absolute Gasteiger partial charge is 0.467 e. The van der Waals surface area contributed by atoms with Gasteiger partial charge in [-0.2, -0.15) is 5.10 Å². The predicted octanol–water partition coefficient (Wildman–Crippen LogP) is 2.67. The molecule has 0 bridgehead atoms. The molecule has 3 heterocycles. The summed E-state index contributed by atoms with van der Waals surface area (Å²) in [4.78, 5) is 18.9. The van der Waals surface area contributed by atoms with Gasteiger partial charge in [0.05, 0.1) is 31.5 Å². The highest BCUT2D eigenvalue weighted by Gasteiger charge is 2.24. The molecule has 1 aliphatic rings. The topological polar surface area (TPSA) is 64.2 Å². The van der Waals surface area contributed by atoms with Crippen molar-refractivity contribution in [3.8, 4) is 0 Å². The molecule has 0 radical (unpaired) electrons. The molecule has 134 valence electrons. The van der Waals surface area contributed by atoms with E-state index in [1.807, 2.05) is 40.9 Å². The molecule has 0 unspecified atom stereocenters. The zero-order valence-corrected chi connectivity index (χ0v) is 14.9. The first kappa shape index (κ1) is 16.6. The van der Waals surface area contributed by atoms with Gasteiger partial charge in [0.15, 0.2) is 0 Å². The van der Waals surface area contributed by atoms with Crippen LogP contribution in [-0.4, -0.2) is 25.6 Å². The molecule has 6 heteroatoms. The SMILES string of the molecule is Cn1nc(CN(Cc2ccco2)C(=O)Cc2cccnc2)c2c1CCC2. The molecule has 0 N–H and O–H groups in total. The number of hydrogen-bond donors (Lipinski definition) is 0. The number of aromatic nitrogens is 3. The fraction of sp³-hybridized carbons (Fsp3) is 0.350. The lowest BCUT2D eigenvalue weighted by molar-refractivity contribution is -0.132. The molecule has 0 fully saturated rings. The van der Waals surface area contributed by atoms with Gasteiger partial charge in [-0.1, -0.05) is 6.07 Å². The van der Waals surface area contributed by atoms with Crippen molar-refractivity contribution in [3.63, 3.8) is 0 Å². The first-order valence-corrected chi connectivity index (χ1v) is 8.93. The van der Waals surface area contributed by atoms with Crippen LogP contribution in [0.3, 0.4) is 0 Å². The van der Waals surface area contributed by atoms with Gasteiger partial charge in [0.25, 0.3) is 0 Å². The van der Waals surface area contributed by atoms with Gasteiger partial charge in [0, 0.05) is 25.1 Å². The summed E-state index contributed by atoms with van der Waals surface area (Å²) in [6.45, 7) is 0.945. The molecule has 6 nitrogen and oxygen atoms in total. The molecule has 3 aromatic heterocycles. The van der Waals surface area contributed by atoms with Crippen molar-refractivity contribution in [3.05, 3.63) is 71.2 Å². The first-order valence-electron chi connectivity index (χ1n) is 8.93. The molecule has 0 spiro atoms. The van der Waals surface area contributed by atoms with Gasteiger partial charge in [-0.15, -0.1) is 0 Å². The van der Waals surface area contributed by atoms with Crippen molar-refractivity contribution >= 4 is 5.91 Å². The van der Waals surface area contributed by atoms with Crippen molar-refractivity contribution in [2.45, 2.75) is 38.8 Å². The quantitative estimate of drug-likeness (QED) is 0.686.